The van der Waals surface area contributed by atoms with Crippen LogP contribution < -0.4 is 0 Å². The van der Waals surface area contributed by atoms with Crippen molar-refractivity contribution in [1.82, 2.24) is 14.8 Å². The van der Waals surface area contributed by atoms with Crippen molar-refractivity contribution in [2.24, 2.45) is 0 Å². The number of nitrogens with zero attached hydrogens (tertiary/aromatic N) is 3. The molecular weight excluding hydrogens is 290 g/mol. The highest BCUT2D eigenvalue weighted by Crippen LogP contribution is 2.22. The number of fused-ring (bicyclic) bond motifs is 1. The molecule has 4 nitrogen and oxygen atoms in total. The molecule has 90 valence electrons. The minimum absolute atomic E-state index is 0.316. The SMILES string of the molecule is OC(CBr)CSc1nnc2n1CCCCC2. The number of alkyl halides is 1. The molecule has 6 heteroatoms. The fraction of sp³-hybridized carbons (Fsp3) is 0.800. The average molecular weight is 306 g/mol. The van der Waals surface area contributed by atoms with E-state index in [-0.39, 0.29) is 6.10 Å². The van der Waals surface area contributed by atoms with Crippen LogP contribution >= 0.6 is 27.7 Å². The Morgan fingerprint density at radius 1 is 1.38 bits per heavy atom. The monoisotopic (exact) mass is 305 g/mol. The first kappa shape index (κ1) is 12.4. The summed E-state index contributed by atoms with van der Waals surface area (Å²) in [5.41, 5.74) is 0. The van der Waals surface area contributed by atoms with Crippen molar-refractivity contribution in [3.8, 4) is 0 Å². The summed E-state index contributed by atoms with van der Waals surface area (Å²) in [5, 5.41) is 19.5. The summed E-state index contributed by atoms with van der Waals surface area (Å²) in [6.07, 6.45) is 4.42. The summed E-state index contributed by atoms with van der Waals surface area (Å²) in [6, 6.07) is 0. The Balaban J connectivity index is 2.01. The molecule has 1 N–H and O–H groups in total. The van der Waals surface area contributed by atoms with Gasteiger partial charge in [-0.25, -0.2) is 0 Å². The Morgan fingerprint density at radius 2 is 2.25 bits per heavy atom. The molecule has 1 atom stereocenters. The van der Waals surface area contributed by atoms with Gasteiger partial charge in [0.25, 0.3) is 0 Å². The van der Waals surface area contributed by atoms with Gasteiger partial charge >= 0.3 is 0 Å². The maximum Gasteiger partial charge on any atom is 0.191 e. The lowest BCUT2D eigenvalue weighted by molar-refractivity contribution is 0.226. The zero-order valence-corrected chi connectivity index (χ0v) is 11.5. The van der Waals surface area contributed by atoms with Crippen molar-refractivity contribution >= 4 is 27.7 Å². The number of aliphatic hydroxyl groups is 1. The summed E-state index contributed by atoms with van der Waals surface area (Å²) < 4.78 is 2.21. The number of aryl methyl sites for hydroxylation is 1. The molecule has 0 radical (unpaired) electrons. The smallest absolute Gasteiger partial charge is 0.191 e. The molecule has 0 saturated carbocycles. The van der Waals surface area contributed by atoms with Crippen LogP contribution in [0.4, 0.5) is 0 Å². The van der Waals surface area contributed by atoms with E-state index in [4.69, 9.17) is 0 Å². The number of hydrogen-bond donors (Lipinski definition) is 1. The van der Waals surface area contributed by atoms with Crippen LogP contribution in [0.2, 0.25) is 0 Å². The van der Waals surface area contributed by atoms with E-state index in [2.05, 4.69) is 30.7 Å². The zero-order valence-electron chi connectivity index (χ0n) is 9.10. The van der Waals surface area contributed by atoms with Gasteiger partial charge in [-0.15, -0.1) is 10.2 Å². The predicted octanol–water partition coefficient (Wildman–Crippen LogP) is 1.85. The van der Waals surface area contributed by atoms with Crippen LogP contribution in [0.15, 0.2) is 5.16 Å². The van der Waals surface area contributed by atoms with Crippen molar-refractivity contribution in [3.05, 3.63) is 5.82 Å². The molecule has 0 saturated heterocycles. The van der Waals surface area contributed by atoms with Crippen molar-refractivity contribution in [1.29, 1.82) is 0 Å². The van der Waals surface area contributed by atoms with E-state index < -0.39 is 0 Å². The molecule has 0 aromatic carbocycles. The summed E-state index contributed by atoms with van der Waals surface area (Å²) in [7, 11) is 0. The first-order valence-corrected chi connectivity index (χ1v) is 7.71. The van der Waals surface area contributed by atoms with Crippen LogP contribution in [-0.4, -0.2) is 37.1 Å². The van der Waals surface area contributed by atoms with Gasteiger partial charge in [-0.1, -0.05) is 34.1 Å². The van der Waals surface area contributed by atoms with E-state index in [0.717, 1.165) is 23.9 Å². The summed E-state index contributed by atoms with van der Waals surface area (Å²) in [4.78, 5) is 0. The van der Waals surface area contributed by atoms with Gasteiger partial charge in [0.2, 0.25) is 0 Å². The Kier molecular flexibility index (Phi) is 4.66. The fourth-order valence-electron chi connectivity index (χ4n) is 1.78. The second kappa shape index (κ2) is 6.02. The van der Waals surface area contributed by atoms with Crippen molar-refractivity contribution in [3.63, 3.8) is 0 Å². The fourth-order valence-corrected chi connectivity index (χ4v) is 3.22. The highest BCUT2D eigenvalue weighted by Gasteiger charge is 2.15. The Morgan fingerprint density at radius 3 is 3.06 bits per heavy atom. The lowest BCUT2D eigenvalue weighted by atomic mass is 10.2. The number of thioether (sulfide) groups is 1. The molecular formula is C10H16BrN3OS. The maximum atomic E-state index is 9.49. The lowest BCUT2D eigenvalue weighted by Crippen LogP contribution is -2.12. The first-order chi connectivity index (χ1) is 7.81. The first-order valence-electron chi connectivity index (χ1n) is 5.60. The number of halogens is 1. The summed E-state index contributed by atoms with van der Waals surface area (Å²) in [5.74, 6) is 1.77. The van der Waals surface area contributed by atoms with Crippen molar-refractivity contribution in [2.75, 3.05) is 11.1 Å². The molecule has 2 heterocycles. The molecule has 0 aliphatic carbocycles. The van der Waals surface area contributed by atoms with Gasteiger partial charge in [0, 0.05) is 24.0 Å². The Hall–Kier alpha value is -0.0700. The summed E-state index contributed by atoms with van der Waals surface area (Å²) >= 11 is 4.85. The molecule has 0 spiro atoms. The van der Waals surface area contributed by atoms with E-state index in [0.29, 0.717) is 11.1 Å². The van der Waals surface area contributed by atoms with Gasteiger partial charge in [-0.2, -0.15) is 0 Å². The van der Waals surface area contributed by atoms with Crippen LogP contribution in [0, 0.1) is 0 Å². The predicted molar refractivity (Wildman–Crippen MR) is 68.1 cm³/mol. The molecule has 16 heavy (non-hydrogen) atoms. The molecule has 1 aliphatic heterocycles. The molecule has 1 aromatic rings. The van der Waals surface area contributed by atoms with Crippen LogP contribution in [0.25, 0.3) is 0 Å². The molecule has 0 fully saturated rings. The molecule has 1 aromatic heterocycles. The molecule has 1 unspecified atom stereocenters. The molecule has 2 rings (SSSR count). The Labute approximate surface area is 108 Å². The molecule has 0 bridgehead atoms. The highest BCUT2D eigenvalue weighted by atomic mass is 79.9. The van der Waals surface area contributed by atoms with Gasteiger partial charge in [0.05, 0.1) is 6.10 Å². The minimum Gasteiger partial charge on any atom is -0.391 e. The van der Waals surface area contributed by atoms with E-state index >= 15 is 0 Å². The third-order valence-corrected chi connectivity index (χ3v) is 4.52. The number of hydrogen-bond acceptors (Lipinski definition) is 4. The van der Waals surface area contributed by atoms with Gasteiger partial charge < -0.3 is 9.67 Å². The standard InChI is InChI=1S/C10H16BrN3OS/c11-6-8(15)7-16-10-13-12-9-4-2-1-3-5-14(9)10/h8,15H,1-7H2. The van der Waals surface area contributed by atoms with E-state index in [1.165, 1.54) is 19.3 Å². The van der Waals surface area contributed by atoms with Crippen LogP contribution in [0.3, 0.4) is 0 Å². The average Bonchev–Trinajstić information content (AvgIpc) is 2.54. The van der Waals surface area contributed by atoms with Gasteiger partial charge in [0.15, 0.2) is 5.16 Å². The topological polar surface area (TPSA) is 50.9 Å². The largest absolute Gasteiger partial charge is 0.391 e. The second-order valence-electron chi connectivity index (χ2n) is 3.98. The van der Waals surface area contributed by atoms with Crippen molar-refractivity contribution < 1.29 is 5.11 Å². The van der Waals surface area contributed by atoms with Crippen LogP contribution in [0.1, 0.15) is 25.1 Å². The minimum atomic E-state index is -0.316. The quantitative estimate of drug-likeness (QED) is 0.681. The van der Waals surface area contributed by atoms with Crippen LogP contribution in [-0.2, 0) is 13.0 Å². The zero-order chi connectivity index (χ0) is 11.4. The van der Waals surface area contributed by atoms with Gasteiger partial charge in [-0.05, 0) is 12.8 Å². The lowest BCUT2D eigenvalue weighted by Gasteiger charge is -2.08. The number of aromatic nitrogens is 3. The van der Waals surface area contributed by atoms with Crippen molar-refractivity contribution in [2.45, 2.75) is 43.5 Å². The number of aliphatic hydroxyl groups excluding tert-OH is 1. The molecule has 1 aliphatic rings. The highest BCUT2D eigenvalue weighted by molar-refractivity contribution is 9.09. The normalized spacial score (nSPS) is 17.9. The Bertz CT molecular complexity index is 345. The maximum absolute atomic E-state index is 9.49. The van der Waals surface area contributed by atoms with Crippen LogP contribution in [0.5, 0.6) is 0 Å². The van der Waals surface area contributed by atoms with E-state index in [1.54, 1.807) is 11.8 Å². The van der Waals surface area contributed by atoms with E-state index in [9.17, 15) is 5.11 Å². The summed E-state index contributed by atoms with van der Waals surface area (Å²) in [6.45, 7) is 1.02. The third-order valence-electron chi connectivity index (χ3n) is 2.66. The molecule has 0 amide bonds. The van der Waals surface area contributed by atoms with Gasteiger partial charge in [0.1, 0.15) is 5.82 Å². The number of rotatable bonds is 4. The van der Waals surface area contributed by atoms with Gasteiger partial charge in [-0.3, -0.25) is 0 Å². The van der Waals surface area contributed by atoms with E-state index in [1.807, 2.05) is 0 Å². The third kappa shape index (κ3) is 2.99. The second-order valence-corrected chi connectivity index (χ2v) is 5.61.